The predicted molar refractivity (Wildman–Crippen MR) is 79.2 cm³/mol. The zero-order chi connectivity index (χ0) is 16.6. The van der Waals surface area contributed by atoms with E-state index in [1.807, 2.05) is 0 Å². The van der Waals surface area contributed by atoms with Crippen molar-refractivity contribution in [2.75, 3.05) is 20.4 Å². The maximum atomic E-state index is 11.7. The molecular formula is C12H17N4O6P. The summed E-state index contributed by atoms with van der Waals surface area (Å²) in [6.07, 6.45) is 1.97. The Labute approximate surface area is 130 Å². The molecule has 0 saturated carbocycles. The molecule has 0 spiro atoms. The molecule has 10 nitrogen and oxygen atoms in total. The first-order valence-corrected chi connectivity index (χ1v) is 8.95. The van der Waals surface area contributed by atoms with Crippen LogP contribution in [0.1, 0.15) is 12.6 Å². The van der Waals surface area contributed by atoms with Gasteiger partial charge in [0.05, 0.1) is 25.4 Å². The van der Waals surface area contributed by atoms with Gasteiger partial charge in [-0.15, -0.1) is 0 Å². The van der Waals surface area contributed by atoms with Crippen molar-refractivity contribution in [2.45, 2.75) is 24.9 Å². The quantitative estimate of drug-likeness (QED) is 0.739. The Morgan fingerprint density at radius 2 is 2.35 bits per heavy atom. The Morgan fingerprint density at radius 1 is 1.57 bits per heavy atom. The third kappa shape index (κ3) is 3.36. The van der Waals surface area contributed by atoms with Gasteiger partial charge in [-0.1, -0.05) is 0 Å². The third-order valence-electron chi connectivity index (χ3n) is 3.64. The molecule has 0 bridgehead atoms. The number of methoxy groups -OCH3 is 1. The van der Waals surface area contributed by atoms with E-state index in [-0.39, 0.29) is 23.8 Å². The largest absolute Gasteiger partial charge is 0.378 e. The Balaban J connectivity index is 1.82. The van der Waals surface area contributed by atoms with Crippen LogP contribution in [0.3, 0.4) is 0 Å². The van der Waals surface area contributed by atoms with Crippen LogP contribution in [0, 0.1) is 0 Å². The van der Waals surface area contributed by atoms with Crippen molar-refractivity contribution in [3.05, 3.63) is 23.0 Å². The van der Waals surface area contributed by atoms with E-state index in [2.05, 4.69) is 15.0 Å². The SMILES string of the molecule is COC1C[C@H](n2cnc3c(=O)[nH]cnc32)O[C@@H]1COP(C)(=O)O. The van der Waals surface area contributed by atoms with Gasteiger partial charge in [-0.25, -0.2) is 9.97 Å². The molecule has 0 amide bonds. The Kier molecular flexibility index (Phi) is 4.35. The molecule has 4 atom stereocenters. The number of nitrogens with one attached hydrogen (secondary N) is 1. The van der Waals surface area contributed by atoms with Gasteiger partial charge in [0.15, 0.2) is 11.2 Å². The van der Waals surface area contributed by atoms with Crippen LogP contribution in [-0.4, -0.2) is 57.0 Å². The smallest absolute Gasteiger partial charge is 0.325 e. The lowest BCUT2D eigenvalue weighted by molar-refractivity contribution is -0.0475. The van der Waals surface area contributed by atoms with Crippen LogP contribution < -0.4 is 5.56 Å². The highest BCUT2D eigenvalue weighted by Crippen LogP contribution is 2.39. The standard InChI is InChI=1S/C12H17N4O6P/c1-20-7-3-9(22-8(7)4-21-23(2,18)19)16-6-15-10-11(16)13-5-14-12(10)17/h5-9H,3-4H2,1-2H3,(H,18,19)(H,13,14,17)/t7?,8-,9-/m1/s1. The van der Waals surface area contributed by atoms with E-state index in [1.165, 1.54) is 19.8 Å². The van der Waals surface area contributed by atoms with E-state index >= 15 is 0 Å². The molecule has 23 heavy (non-hydrogen) atoms. The predicted octanol–water partition coefficient (Wildman–Crippen LogP) is 0.254. The minimum atomic E-state index is -3.59. The van der Waals surface area contributed by atoms with E-state index in [0.717, 1.165) is 6.66 Å². The normalized spacial score (nSPS) is 27.3. The second kappa shape index (κ2) is 6.14. The van der Waals surface area contributed by atoms with Gasteiger partial charge in [0, 0.05) is 20.2 Å². The number of aromatic nitrogens is 4. The summed E-state index contributed by atoms with van der Waals surface area (Å²) >= 11 is 0. The number of imidazole rings is 1. The van der Waals surface area contributed by atoms with E-state index in [1.54, 1.807) is 4.57 Å². The summed E-state index contributed by atoms with van der Waals surface area (Å²) in [5.74, 6) is 0. The monoisotopic (exact) mass is 344 g/mol. The molecule has 11 heteroatoms. The highest BCUT2D eigenvalue weighted by molar-refractivity contribution is 7.51. The summed E-state index contributed by atoms with van der Waals surface area (Å²) in [5.41, 5.74) is 0.291. The molecule has 126 valence electrons. The Bertz CT molecular complexity index is 798. The van der Waals surface area contributed by atoms with Crippen LogP contribution in [0.2, 0.25) is 0 Å². The molecule has 2 N–H and O–H groups in total. The maximum Gasteiger partial charge on any atom is 0.325 e. The molecule has 3 rings (SSSR count). The number of hydrogen-bond donors (Lipinski definition) is 2. The van der Waals surface area contributed by atoms with Crippen LogP contribution in [-0.2, 0) is 18.6 Å². The van der Waals surface area contributed by atoms with Crippen molar-refractivity contribution in [1.82, 2.24) is 19.5 Å². The van der Waals surface area contributed by atoms with Crippen LogP contribution in [0.25, 0.3) is 11.2 Å². The molecule has 1 aliphatic heterocycles. The average molecular weight is 344 g/mol. The summed E-state index contributed by atoms with van der Waals surface area (Å²) < 4.78 is 29.0. The molecule has 1 aliphatic rings. The van der Waals surface area contributed by atoms with Crippen LogP contribution in [0.5, 0.6) is 0 Å². The van der Waals surface area contributed by atoms with Gasteiger partial charge in [-0.2, -0.15) is 0 Å². The maximum absolute atomic E-state index is 11.7. The molecular weight excluding hydrogens is 327 g/mol. The molecule has 1 saturated heterocycles. The van der Waals surface area contributed by atoms with Gasteiger partial charge in [0.2, 0.25) is 0 Å². The third-order valence-corrected chi connectivity index (χ3v) is 4.27. The summed E-state index contributed by atoms with van der Waals surface area (Å²) in [5, 5.41) is 0. The lowest BCUT2D eigenvalue weighted by Crippen LogP contribution is -2.27. The molecule has 1 fully saturated rings. The number of fused-ring (bicyclic) bond motifs is 1. The van der Waals surface area contributed by atoms with Gasteiger partial charge in [0.1, 0.15) is 12.3 Å². The number of H-pyrrole nitrogens is 1. The van der Waals surface area contributed by atoms with Crippen molar-refractivity contribution >= 4 is 18.8 Å². The molecule has 2 aromatic heterocycles. The first-order chi connectivity index (χ1) is 10.9. The van der Waals surface area contributed by atoms with Crippen molar-refractivity contribution in [3.8, 4) is 0 Å². The highest BCUT2D eigenvalue weighted by Gasteiger charge is 2.38. The summed E-state index contributed by atoms with van der Waals surface area (Å²) in [7, 11) is -2.06. The van der Waals surface area contributed by atoms with Crippen LogP contribution in [0.15, 0.2) is 17.4 Å². The molecule has 2 unspecified atom stereocenters. The fraction of sp³-hybridized carbons (Fsp3) is 0.583. The molecule has 0 radical (unpaired) electrons. The lowest BCUT2D eigenvalue weighted by Gasteiger charge is -2.18. The van der Waals surface area contributed by atoms with Crippen molar-refractivity contribution in [3.63, 3.8) is 0 Å². The van der Waals surface area contributed by atoms with Crippen molar-refractivity contribution in [2.24, 2.45) is 0 Å². The van der Waals surface area contributed by atoms with Gasteiger partial charge in [0.25, 0.3) is 5.56 Å². The number of nitrogens with zero attached hydrogens (tertiary/aromatic N) is 3. The molecule has 0 aliphatic carbocycles. The zero-order valence-electron chi connectivity index (χ0n) is 12.6. The molecule has 0 aromatic carbocycles. The Morgan fingerprint density at radius 3 is 3.04 bits per heavy atom. The molecule has 2 aromatic rings. The number of aromatic amines is 1. The second-order valence-corrected chi connectivity index (χ2v) is 7.16. The summed E-state index contributed by atoms with van der Waals surface area (Å²) in [6, 6.07) is 0. The first-order valence-electron chi connectivity index (χ1n) is 6.92. The fourth-order valence-corrected chi connectivity index (χ4v) is 2.98. The Hall–Kier alpha value is -1.58. The minimum Gasteiger partial charge on any atom is -0.378 e. The van der Waals surface area contributed by atoms with Crippen molar-refractivity contribution < 1.29 is 23.5 Å². The van der Waals surface area contributed by atoms with Gasteiger partial charge < -0.3 is 23.9 Å². The zero-order valence-corrected chi connectivity index (χ0v) is 13.5. The topological polar surface area (TPSA) is 129 Å². The van der Waals surface area contributed by atoms with Crippen LogP contribution in [0.4, 0.5) is 0 Å². The number of ether oxygens (including phenoxy) is 2. The highest BCUT2D eigenvalue weighted by atomic mass is 31.2. The fourth-order valence-electron chi connectivity index (χ4n) is 2.55. The molecule has 3 heterocycles. The first kappa shape index (κ1) is 16.3. The average Bonchev–Trinajstić information content (AvgIpc) is 3.08. The minimum absolute atomic E-state index is 0.0695. The van der Waals surface area contributed by atoms with E-state index in [9.17, 15) is 14.3 Å². The second-order valence-electron chi connectivity index (χ2n) is 5.29. The summed E-state index contributed by atoms with van der Waals surface area (Å²) in [4.78, 5) is 31.5. The summed E-state index contributed by atoms with van der Waals surface area (Å²) in [6.45, 7) is 1.04. The van der Waals surface area contributed by atoms with Gasteiger partial charge >= 0.3 is 7.60 Å². The van der Waals surface area contributed by atoms with Crippen molar-refractivity contribution in [1.29, 1.82) is 0 Å². The van der Waals surface area contributed by atoms with Gasteiger partial charge in [-0.3, -0.25) is 13.9 Å². The van der Waals surface area contributed by atoms with Gasteiger partial charge in [-0.05, 0) is 0 Å². The lowest BCUT2D eigenvalue weighted by atomic mass is 10.2. The number of rotatable bonds is 5. The van der Waals surface area contributed by atoms with Crippen LogP contribution >= 0.6 is 7.60 Å². The van der Waals surface area contributed by atoms with E-state index < -0.39 is 19.9 Å². The number of hydrogen-bond acceptors (Lipinski definition) is 7. The van der Waals surface area contributed by atoms with E-state index in [4.69, 9.17) is 14.0 Å². The van der Waals surface area contributed by atoms with E-state index in [0.29, 0.717) is 12.1 Å².